The maximum absolute atomic E-state index is 12.5. The van der Waals surface area contributed by atoms with Crippen LogP contribution in [0.4, 0.5) is 5.69 Å². The minimum atomic E-state index is -0.949. The van der Waals surface area contributed by atoms with Crippen molar-refractivity contribution in [2.75, 3.05) is 18.1 Å². The van der Waals surface area contributed by atoms with Crippen LogP contribution in [0.2, 0.25) is 0 Å². The average molecular weight is 273 g/mol. The highest BCUT2D eigenvalue weighted by Gasteiger charge is 2.54. The van der Waals surface area contributed by atoms with E-state index in [0.717, 1.165) is 0 Å². The maximum atomic E-state index is 12.5. The van der Waals surface area contributed by atoms with Gasteiger partial charge in [-0.15, -0.1) is 0 Å². The van der Waals surface area contributed by atoms with Gasteiger partial charge in [0, 0.05) is 6.42 Å². The fourth-order valence-corrected chi connectivity index (χ4v) is 2.59. The predicted octanol–water partition coefficient (Wildman–Crippen LogP) is 1.94. The van der Waals surface area contributed by atoms with E-state index in [4.69, 9.17) is 4.74 Å². The molecule has 1 aromatic carbocycles. The number of hydrogen-bond acceptors (Lipinski definition) is 5. The lowest BCUT2D eigenvalue weighted by molar-refractivity contribution is -0.122. The molecule has 0 aromatic heterocycles. The van der Waals surface area contributed by atoms with Crippen molar-refractivity contribution in [2.45, 2.75) is 25.3 Å². The van der Waals surface area contributed by atoms with E-state index in [-0.39, 0.29) is 18.2 Å². The highest BCUT2D eigenvalue weighted by Crippen LogP contribution is 2.37. The summed E-state index contributed by atoms with van der Waals surface area (Å²) < 4.78 is 5.35. The van der Waals surface area contributed by atoms with Gasteiger partial charge in [-0.3, -0.25) is 9.59 Å². The Kier molecular flexibility index (Phi) is 3.00. The molecule has 1 fully saturated rings. The molecule has 104 valence electrons. The third-order valence-corrected chi connectivity index (χ3v) is 3.59. The molecule has 20 heavy (non-hydrogen) atoms. The molecule has 0 saturated carbocycles. The first-order valence-corrected chi connectivity index (χ1v) is 6.65. The van der Waals surface area contributed by atoms with Gasteiger partial charge in [0.2, 0.25) is 5.91 Å². The Morgan fingerprint density at radius 2 is 2.05 bits per heavy atom. The second-order valence-electron chi connectivity index (χ2n) is 4.88. The molecule has 1 saturated heterocycles. The molecule has 1 spiro atoms. The highest BCUT2D eigenvalue weighted by atomic mass is 16.5. The van der Waals surface area contributed by atoms with Gasteiger partial charge in [0.1, 0.15) is 5.75 Å². The van der Waals surface area contributed by atoms with Crippen molar-refractivity contribution in [3.8, 4) is 5.75 Å². The molecule has 0 N–H and O–H groups in total. The Labute approximate surface area is 116 Å². The fraction of sp³-hybridized carbons (Fsp3) is 0.429. The first kappa shape index (κ1) is 12.8. The molecule has 0 bridgehead atoms. The van der Waals surface area contributed by atoms with Gasteiger partial charge in [0.05, 0.1) is 25.3 Å². The minimum absolute atomic E-state index is 0.114. The van der Waals surface area contributed by atoms with Crippen LogP contribution in [0.5, 0.6) is 5.75 Å². The second-order valence-corrected chi connectivity index (χ2v) is 4.88. The summed E-state index contributed by atoms with van der Waals surface area (Å²) in [6.07, 6.45) is 0.633. The smallest absolute Gasteiger partial charge is 0.264 e. The van der Waals surface area contributed by atoms with Crippen molar-refractivity contribution in [3.05, 3.63) is 24.3 Å². The van der Waals surface area contributed by atoms with Gasteiger partial charge in [-0.2, -0.15) is 10.2 Å². The number of hydrogen-bond donors (Lipinski definition) is 0. The van der Waals surface area contributed by atoms with Crippen LogP contribution in [-0.4, -0.2) is 30.5 Å². The SMILES string of the molecule is CCOc1ccc(N2C(=O)CC3(CCN=N3)C2=O)cc1. The molecule has 2 heterocycles. The molecule has 2 amide bonds. The zero-order valence-corrected chi connectivity index (χ0v) is 11.2. The Hall–Kier alpha value is -2.24. The van der Waals surface area contributed by atoms with Crippen LogP contribution in [0.25, 0.3) is 0 Å². The normalized spacial score (nSPS) is 24.9. The summed E-state index contributed by atoms with van der Waals surface area (Å²) in [7, 11) is 0. The molecule has 0 radical (unpaired) electrons. The van der Waals surface area contributed by atoms with Gasteiger partial charge in [0.15, 0.2) is 5.54 Å². The van der Waals surface area contributed by atoms with E-state index < -0.39 is 5.54 Å². The van der Waals surface area contributed by atoms with Crippen LogP contribution in [0.15, 0.2) is 34.5 Å². The molecular formula is C14H15N3O3. The van der Waals surface area contributed by atoms with E-state index in [1.54, 1.807) is 24.3 Å². The van der Waals surface area contributed by atoms with Gasteiger partial charge in [-0.25, -0.2) is 4.90 Å². The third kappa shape index (κ3) is 1.88. The summed E-state index contributed by atoms with van der Waals surface area (Å²) in [6, 6.07) is 6.93. The zero-order chi connectivity index (χ0) is 14.2. The van der Waals surface area contributed by atoms with Gasteiger partial charge >= 0.3 is 0 Å². The molecule has 6 heteroatoms. The number of benzene rings is 1. The van der Waals surface area contributed by atoms with Gasteiger partial charge in [0.25, 0.3) is 5.91 Å². The van der Waals surface area contributed by atoms with Crippen molar-refractivity contribution in [1.29, 1.82) is 0 Å². The van der Waals surface area contributed by atoms with Crippen LogP contribution in [0.3, 0.4) is 0 Å². The standard InChI is InChI=1S/C14H15N3O3/c1-2-20-11-5-3-10(4-6-11)17-12(18)9-14(13(17)19)7-8-15-16-14/h3-6H,2,7-9H2,1H3. The van der Waals surface area contributed by atoms with Crippen molar-refractivity contribution < 1.29 is 14.3 Å². The molecule has 1 unspecified atom stereocenters. The number of azo groups is 1. The highest BCUT2D eigenvalue weighted by molar-refractivity contribution is 6.24. The summed E-state index contributed by atoms with van der Waals surface area (Å²) in [6.45, 7) is 2.98. The van der Waals surface area contributed by atoms with Crippen molar-refractivity contribution in [2.24, 2.45) is 10.2 Å². The molecule has 6 nitrogen and oxygen atoms in total. The Morgan fingerprint density at radius 1 is 1.30 bits per heavy atom. The number of anilines is 1. The second kappa shape index (κ2) is 4.70. The van der Waals surface area contributed by atoms with E-state index in [1.165, 1.54) is 4.90 Å². The number of ether oxygens (including phenoxy) is 1. The van der Waals surface area contributed by atoms with Crippen LogP contribution in [0, 0.1) is 0 Å². The lowest BCUT2D eigenvalue weighted by Gasteiger charge is -2.17. The number of nitrogens with zero attached hydrogens (tertiary/aromatic N) is 3. The fourth-order valence-electron chi connectivity index (χ4n) is 2.59. The number of carbonyl (C=O) groups is 2. The molecule has 1 atom stereocenters. The summed E-state index contributed by atoms with van der Waals surface area (Å²) in [4.78, 5) is 25.8. The van der Waals surface area contributed by atoms with Crippen LogP contribution >= 0.6 is 0 Å². The summed E-state index contributed by atoms with van der Waals surface area (Å²) in [5.41, 5.74) is -0.391. The predicted molar refractivity (Wildman–Crippen MR) is 71.8 cm³/mol. The Bertz CT molecular complexity index is 582. The van der Waals surface area contributed by atoms with Gasteiger partial charge < -0.3 is 4.74 Å². The lowest BCUT2D eigenvalue weighted by Crippen LogP contribution is -2.38. The first-order chi connectivity index (χ1) is 9.66. The first-order valence-electron chi connectivity index (χ1n) is 6.65. The Morgan fingerprint density at radius 3 is 2.65 bits per heavy atom. The van der Waals surface area contributed by atoms with Crippen LogP contribution in [0.1, 0.15) is 19.8 Å². The summed E-state index contributed by atoms with van der Waals surface area (Å²) in [5.74, 6) is 0.221. The number of carbonyl (C=O) groups excluding carboxylic acids is 2. The molecule has 2 aliphatic rings. The zero-order valence-electron chi connectivity index (χ0n) is 11.2. The molecule has 1 aromatic rings. The van der Waals surface area contributed by atoms with E-state index in [2.05, 4.69) is 10.2 Å². The van der Waals surface area contributed by atoms with Crippen LogP contribution < -0.4 is 9.64 Å². The van der Waals surface area contributed by atoms with Gasteiger partial charge in [-0.05, 0) is 31.2 Å². The molecule has 0 aliphatic carbocycles. The van der Waals surface area contributed by atoms with E-state index in [9.17, 15) is 9.59 Å². The van der Waals surface area contributed by atoms with E-state index in [1.807, 2.05) is 6.92 Å². The van der Waals surface area contributed by atoms with Crippen molar-refractivity contribution >= 4 is 17.5 Å². The largest absolute Gasteiger partial charge is 0.494 e. The molecule has 3 rings (SSSR count). The summed E-state index contributed by atoms with van der Waals surface area (Å²) in [5, 5.41) is 7.88. The number of rotatable bonds is 3. The topological polar surface area (TPSA) is 71.3 Å². The molecular weight excluding hydrogens is 258 g/mol. The monoisotopic (exact) mass is 273 g/mol. The van der Waals surface area contributed by atoms with E-state index >= 15 is 0 Å². The van der Waals surface area contributed by atoms with Gasteiger partial charge in [-0.1, -0.05) is 0 Å². The van der Waals surface area contributed by atoms with Crippen molar-refractivity contribution in [3.63, 3.8) is 0 Å². The minimum Gasteiger partial charge on any atom is -0.494 e. The molecule has 2 aliphatic heterocycles. The Balaban J connectivity index is 1.88. The van der Waals surface area contributed by atoms with Crippen molar-refractivity contribution in [1.82, 2.24) is 0 Å². The quantitative estimate of drug-likeness (QED) is 0.790. The number of amides is 2. The lowest BCUT2D eigenvalue weighted by atomic mass is 9.96. The summed E-state index contributed by atoms with van der Waals surface area (Å²) >= 11 is 0. The average Bonchev–Trinajstić information content (AvgIpc) is 2.99. The maximum Gasteiger partial charge on any atom is 0.264 e. The van der Waals surface area contributed by atoms with Crippen LogP contribution in [-0.2, 0) is 9.59 Å². The third-order valence-electron chi connectivity index (χ3n) is 3.59. The van der Waals surface area contributed by atoms with E-state index in [0.29, 0.717) is 31.0 Å². The number of imide groups is 1.